The van der Waals surface area contributed by atoms with Gasteiger partial charge in [-0.3, -0.25) is 9.69 Å². The van der Waals surface area contributed by atoms with Crippen LogP contribution in [0.3, 0.4) is 0 Å². The van der Waals surface area contributed by atoms with E-state index in [4.69, 9.17) is 4.74 Å². The largest absolute Gasteiger partial charge is 0.469 e. The molecular weight excluding hydrogens is 226 g/mol. The molecule has 18 heavy (non-hydrogen) atoms. The molecule has 0 saturated carbocycles. The number of carbonyl (C=O) groups is 1. The van der Waals surface area contributed by atoms with E-state index in [9.17, 15) is 4.79 Å². The van der Waals surface area contributed by atoms with E-state index in [2.05, 4.69) is 37.8 Å². The summed E-state index contributed by atoms with van der Waals surface area (Å²) in [5, 5.41) is 0. The molecule has 3 heteroatoms. The Kier molecular flexibility index (Phi) is 3.44. The molecule has 0 aromatic heterocycles. The minimum Gasteiger partial charge on any atom is -0.469 e. The Balaban J connectivity index is 2.27. The van der Waals surface area contributed by atoms with Crippen molar-refractivity contribution in [2.45, 2.75) is 32.4 Å². The molecule has 1 heterocycles. The molecular formula is C15H21NO2. The van der Waals surface area contributed by atoms with Gasteiger partial charge in [0.15, 0.2) is 0 Å². The van der Waals surface area contributed by atoms with Gasteiger partial charge in [-0.1, -0.05) is 30.3 Å². The second-order valence-electron chi connectivity index (χ2n) is 5.81. The van der Waals surface area contributed by atoms with Crippen molar-refractivity contribution < 1.29 is 9.53 Å². The van der Waals surface area contributed by atoms with E-state index in [0.717, 1.165) is 6.54 Å². The lowest BCUT2D eigenvalue weighted by Gasteiger charge is -2.53. The molecule has 0 aliphatic carbocycles. The molecule has 3 nitrogen and oxygen atoms in total. The quantitative estimate of drug-likeness (QED) is 0.752. The molecule has 98 valence electrons. The fraction of sp³-hybridized carbons (Fsp3) is 0.533. The third kappa shape index (κ3) is 2.27. The van der Waals surface area contributed by atoms with Crippen LogP contribution >= 0.6 is 0 Å². The number of likely N-dealkylation sites (tertiary alicyclic amines) is 1. The maximum absolute atomic E-state index is 11.8. The molecule has 2 unspecified atom stereocenters. The van der Waals surface area contributed by atoms with Crippen molar-refractivity contribution in [1.29, 1.82) is 0 Å². The minimum absolute atomic E-state index is 0.0448. The first-order valence-corrected chi connectivity index (χ1v) is 6.34. The summed E-state index contributed by atoms with van der Waals surface area (Å²) in [7, 11) is 1.46. The Hall–Kier alpha value is -1.35. The Morgan fingerprint density at radius 3 is 2.39 bits per heavy atom. The first-order valence-electron chi connectivity index (χ1n) is 6.34. The van der Waals surface area contributed by atoms with E-state index in [1.54, 1.807) is 0 Å². The monoisotopic (exact) mass is 247 g/mol. The molecule has 1 aliphatic heterocycles. The smallest absolute Gasteiger partial charge is 0.311 e. The van der Waals surface area contributed by atoms with Gasteiger partial charge in [-0.25, -0.2) is 0 Å². The van der Waals surface area contributed by atoms with Crippen LogP contribution in [0.1, 0.15) is 32.4 Å². The van der Waals surface area contributed by atoms with Crippen molar-refractivity contribution in [1.82, 2.24) is 4.90 Å². The highest BCUT2D eigenvalue weighted by atomic mass is 16.5. The SMILES string of the molecule is COC(=O)C1CN(C(C)(C)C)C1c1ccccc1. The van der Waals surface area contributed by atoms with Gasteiger partial charge in [-0.05, 0) is 26.3 Å². The maximum Gasteiger partial charge on any atom is 0.311 e. The molecule has 1 saturated heterocycles. The summed E-state index contributed by atoms with van der Waals surface area (Å²) in [4.78, 5) is 14.2. The molecule has 0 amide bonds. The van der Waals surface area contributed by atoms with Gasteiger partial charge in [0, 0.05) is 18.1 Å². The summed E-state index contributed by atoms with van der Waals surface area (Å²) >= 11 is 0. The van der Waals surface area contributed by atoms with Crippen LogP contribution in [0.25, 0.3) is 0 Å². The number of ether oxygens (including phenoxy) is 1. The summed E-state index contributed by atoms with van der Waals surface area (Å²) < 4.78 is 4.90. The number of esters is 1. The average Bonchev–Trinajstić information content (AvgIpc) is 2.27. The number of benzene rings is 1. The standard InChI is InChI=1S/C15H21NO2/c1-15(2,3)16-10-12(14(17)18-4)13(16)11-8-6-5-7-9-11/h5-9,12-13H,10H2,1-4H3. The molecule has 2 atom stereocenters. The number of hydrogen-bond acceptors (Lipinski definition) is 3. The van der Waals surface area contributed by atoms with Crippen LogP contribution in [0, 0.1) is 5.92 Å². The highest BCUT2D eigenvalue weighted by Crippen LogP contribution is 2.43. The van der Waals surface area contributed by atoms with E-state index in [1.165, 1.54) is 12.7 Å². The van der Waals surface area contributed by atoms with Crippen LogP contribution in [0.5, 0.6) is 0 Å². The molecule has 0 N–H and O–H groups in total. The predicted molar refractivity (Wildman–Crippen MR) is 71.1 cm³/mol. The summed E-state index contributed by atoms with van der Waals surface area (Å²) in [6.07, 6.45) is 0. The third-order valence-electron chi connectivity index (χ3n) is 3.62. The highest BCUT2D eigenvalue weighted by molar-refractivity contribution is 5.75. The summed E-state index contributed by atoms with van der Waals surface area (Å²) in [5.41, 5.74) is 1.25. The normalized spacial score (nSPS) is 24.4. The summed E-state index contributed by atoms with van der Waals surface area (Å²) in [5.74, 6) is -0.152. The zero-order valence-corrected chi connectivity index (χ0v) is 11.5. The number of hydrogen-bond donors (Lipinski definition) is 0. The van der Waals surface area contributed by atoms with Gasteiger partial charge < -0.3 is 4.74 Å². The highest BCUT2D eigenvalue weighted by Gasteiger charge is 2.49. The van der Waals surface area contributed by atoms with Gasteiger partial charge in [0.1, 0.15) is 0 Å². The van der Waals surface area contributed by atoms with E-state index in [-0.39, 0.29) is 23.5 Å². The van der Waals surface area contributed by atoms with Gasteiger partial charge in [0.25, 0.3) is 0 Å². The molecule has 1 aliphatic rings. The van der Waals surface area contributed by atoms with Crippen LogP contribution in [-0.4, -0.2) is 30.1 Å². The average molecular weight is 247 g/mol. The first kappa shape index (κ1) is 13.1. The minimum atomic E-state index is -0.107. The fourth-order valence-corrected chi connectivity index (χ4v) is 2.61. The lowest BCUT2D eigenvalue weighted by molar-refractivity contribution is -0.162. The number of rotatable bonds is 2. The van der Waals surface area contributed by atoms with Crippen LogP contribution in [0.2, 0.25) is 0 Å². The Bertz CT molecular complexity index is 422. The van der Waals surface area contributed by atoms with Gasteiger partial charge >= 0.3 is 5.97 Å². The van der Waals surface area contributed by atoms with Crippen molar-refractivity contribution in [3.8, 4) is 0 Å². The van der Waals surface area contributed by atoms with Crippen molar-refractivity contribution in [2.24, 2.45) is 5.92 Å². The second-order valence-corrected chi connectivity index (χ2v) is 5.81. The molecule has 0 radical (unpaired) electrons. The second kappa shape index (κ2) is 4.73. The topological polar surface area (TPSA) is 29.5 Å². The third-order valence-corrected chi connectivity index (χ3v) is 3.62. The maximum atomic E-state index is 11.8. The van der Waals surface area contributed by atoms with Gasteiger partial charge in [0.05, 0.1) is 13.0 Å². The van der Waals surface area contributed by atoms with E-state index in [1.807, 2.05) is 18.2 Å². The zero-order valence-electron chi connectivity index (χ0n) is 11.5. The Morgan fingerprint density at radius 1 is 1.28 bits per heavy atom. The van der Waals surface area contributed by atoms with Crippen LogP contribution in [0.15, 0.2) is 30.3 Å². The van der Waals surface area contributed by atoms with Crippen LogP contribution < -0.4 is 0 Å². The Labute approximate surface area is 109 Å². The summed E-state index contributed by atoms with van der Waals surface area (Å²) in [6.45, 7) is 7.30. The lowest BCUT2D eigenvalue weighted by atomic mass is 9.79. The lowest BCUT2D eigenvalue weighted by Crippen LogP contribution is -2.60. The van der Waals surface area contributed by atoms with Gasteiger partial charge in [-0.15, -0.1) is 0 Å². The Morgan fingerprint density at radius 2 is 1.89 bits per heavy atom. The van der Waals surface area contributed by atoms with E-state index >= 15 is 0 Å². The molecule has 1 aromatic carbocycles. The molecule has 0 bridgehead atoms. The number of nitrogens with zero attached hydrogens (tertiary/aromatic N) is 1. The number of methoxy groups -OCH3 is 1. The van der Waals surface area contributed by atoms with E-state index in [0.29, 0.717) is 0 Å². The van der Waals surface area contributed by atoms with E-state index < -0.39 is 0 Å². The van der Waals surface area contributed by atoms with Crippen molar-refractivity contribution in [2.75, 3.05) is 13.7 Å². The van der Waals surface area contributed by atoms with Crippen LogP contribution in [-0.2, 0) is 9.53 Å². The first-order chi connectivity index (χ1) is 8.45. The van der Waals surface area contributed by atoms with Crippen molar-refractivity contribution in [3.05, 3.63) is 35.9 Å². The molecule has 1 fully saturated rings. The van der Waals surface area contributed by atoms with Crippen LogP contribution in [0.4, 0.5) is 0 Å². The zero-order chi connectivity index (χ0) is 13.3. The molecule has 1 aromatic rings. The number of carbonyl (C=O) groups excluding carboxylic acids is 1. The molecule has 0 spiro atoms. The summed E-state index contributed by atoms with van der Waals surface area (Å²) in [6, 6.07) is 10.3. The van der Waals surface area contributed by atoms with Crippen molar-refractivity contribution >= 4 is 5.97 Å². The van der Waals surface area contributed by atoms with Gasteiger partial charge in [0.2, 0.25) is 0 Å². The van der Waals surface area contributed by atoms with Crippen molar-refractivity contribution in [3.63, 3.8) is 0 Å². The van der Waals surface area contributed by atoms with Gasteiger partial charge in [-0.2, -0.15) is 0 Å². The predicted octanol–water partition coefficient (Wildman–Crippen LogP) is 2.63. The molecule has 2 rings (SSSR count). The fourth-order valence-electron chi connectivity index (χ4n) is 2.61.